The highest BCUT2D eigenvalue weighted by molar-refractivity contribution is 5.36. The van der Waals surface area contributed by atoms with Gasteiger partial charge in [-0.15, -0.1) is 0 Å². The van der Waals surface area contributed by atoms with Crippen LogP contribution < -0.4 is 5.32 Å². The molecule has 0 saturated heterocycles. The molecule has 2 unspecified atom stereocenters. The molecule has 2 aromatic rings. The Morgan fingerprint density at radius 2 is 2.20 bits per heavy atom. The molecule has 3 rings (SSSR count). The van der Waals surface area contributed by atoms with Gasteiger partial charge in [0.2, 0.25) is 0 Å². The Morgan fingerprint density at radius 1 is 1.35 bits per heavy atom. The molecule has 0 amide bonds. The second-order valence-electron chi connectivity index (χ2n) is 5.53. The molecule has 1 aliphatic carbocycles. The fourth-order valence-corrected chi connectivity index (χ4v) is 3.34. The van der Waals surface area contributed by atoms with Crippen molar-refractivity contribution in [1.29, 1.82) is 0 Å². The van der Waals surface area contributed by atoms with Crippen molar-refractivity contribution in [2.45, 2.75) is 38.8 Å². The summed E-state index contributed by atoms with van der Waals surface area (Å²) in [6.07, 6.45) is 4.89. The quantitative estimate of drug-likeness (QED) is 0.907. The molecule has 0 fully saturated rings. The number of aromatic nitrogens is 3. The van der Waals surface area contributed by atoms with Gasteiger partial charge in [-0.25, -0.2) is 4.98 Å². The topological polar surface area (TPSA) is 42.7 Å². The fraction of sp³-hybridized carbons (Fsp3) is 0.500. The van der Waals surface area contributed by atoms with E-state index in [1.807, 2.05) is 0 Å². The molecular formula is C16H22N4. The van der Waals surface area contributed by atoms with Gasteiger partial charge in [-0.1, -0.05) is 31.2 Å². The summed E-state index contributed by atoms with van der Waals surface area (Å²) >= 11 is 0. The summed E-state index contributed by atoms with van der Waals surface area (Å²) < 4.78 is 2.05. The van der Waals surface area contributed by atoms with Crippen molar-refractivity contribution in [3.05, 3.63) is 47.5 Å². The number of hydrogen-bond donors (Lipinski definition) is 1. The summed E-state index contributed by atoms with van der Waals surface area (Å²) in [6.45, 7) is 3.13. The van der Waals surface area contributed by atoms with Crippen molar-refractivity contribution in [3.63, 3.8) is 0 Å². The third kappa shape index (κ3) is 2.36. The van der Waals surface area contributed by atoms with Gasteiger partial charge in [0.05, 0.1) is 0 Å². The van der Waals surface area contributed by atoms with Crippen molar-refractivity contribution in [2.24, 2.45) is 5.92 Å². The molecule has 4 nitrogen and oxygen atoms in total. The molecule has 1 aliphatic rings. The number of rotatable bonds is 5. The van der Waals surface area contributed by atoms with Crippen molar-refractivity contribution >= 4 is 0 Å². The Hall–Kier alpha value is -1.68. The lowest BCUT2D eigenvalue weighted by atomic mass is 9.96. The number of fused-ring (bicyclic) bond motifs is 1. The predicted octanol–water partition coefficient (Wildman–Crippen LogP) is 2.36. The highest BCUT2D eigenvalue weighted by atomic mass is 15.3. The van der Waals surface area contributed by atoms with Gasteiger partial charge in [-0.05, 0) is 36.9 Å². The smallest absolute Gasteiger partial charge is 0.138 e. The highest BCUT2D eigenvalue weighted by Gasteiger charge is 2.31. The predicted molar refractivity (Wildman–Crippen MR) is 79.5 cm³/mol. The summed E-state index contributed by atoms with van der Waals surface area (Å²) in [5.74, 6) is 1.68. The average Bonchev–Trinajstić information content (AvgIpc) is 3.03. The number of nitrogens with one attached hydrogen (secondary N) is 1. The van der Waals surface area contributed by atoms with Gasteiger partial charge in [0, 0.05) is 19.0 Å². The SMILES string of the molecule is CCCn1ncnc1CC1Cc2ccccc2C1NC. The molecule has 0 saturated carbocycles. The lowest BCUT2D eigenvalue weighted by Crippen LogP contribution is -2.24. The van der Waals surface area contributed by atoms with Crippen LogP contribution in [0.25, 0.3) is 0 Å². The second-order valence-corrected chi connectivity index (χ2v) is 5.53. The van der Waals surface area contributed by atoms with Crippen LogP contribution in [-0.2, 0) is 19.4 Å². The average molecular weight is 270 g/mol. The molecule has 4 heteroatoms. The van der Waals surface area contributed by atoms with Crippen LogP contribution in [0.5, 0.6) is 0 Å². The monoisotopic (exact) mass is 270 g/mol. The molecule has 0 aliphatic heterocycles. The summed E-state index contributed by atoms with van der Waals surface area (Å²) in [5.41, 5.74) is 2.92. The number of nitrogens with zero attached hydrogens (tertiary/aromatic N) is 3. The first-order valence-electron chi connectivity index (χ1n) is 7.45. The van der Waals surface area contributed by atoms with E-state index in [9.17, 15) is 0 Å². The highest BCUT2D eigenvalue weighted by Crippen LogP contribution is 2.37. The molecule has 1 N–H and O–H groups in total. The summed E-state index contributed by atoms with van der Waals surface area (Å²) in [4.78, 5) is 4.45. The Kier molecular flexibility index (Phi) is 3.83. The van der Waals surface area contributed by atoms with E-state index in [1.165, 1.54) is 11.1 Å². The minimum Gasteiger partial charge on any atom is -0.313 e. The van der Waals surface area contributed by atoms with Gasteiger partial charge in [-0.3, -0.25) is 4.68 Å². The van der Waals surface area contributed by atoms with E-state index < -0.39 is 0 Å². The largest absolute Gasteiger partial charge is 0.313 e. The van der Waals surface area contributed by atoms with E-state index in [4.69, 9.17) is 0 Å². The van der Waals surface area contributed by atoms with Crippen LogP contribution in [0.15, 0.2) is 30.6 Å². The summed E-state index contributed by atoms with van der Waals surface area (Å²) in [7, 11) is 2.05. The van der Waals surface area contributed by atoms with Crippen LogP contribution in [0.1, 0.15) is 36.3 Å². The van der Waals surface area contributed by atoms with Crippen LogP contribution in [0.2, 0.25) is 0 Å². The standard InChI is InChI=1S/C16H22N4/c1-3-8-20-15(18-11-19-20)10-13-9-12-6-4-5-7-14(12)16(13)17-2/h4-7,11,13,16-17H,3,8-10H2,1-2H3. The zero-order chi connectivity index (χ0) is 13.9. The first kappa shape index (κ1) is 13.3. The molecule has 0 radical (unpaired) electrons. The second kappa shape index (κ2) is 5.75. The third-order valence-electron chi connectivity index (χ3n) is 4.23. The number of aryl methyl sites for hydroxylation is 1. The van der Waals surface area contributed by atoms with Crippen molar-refractivity contribution in [1.82, 2.24) is 20.1 Å². The first-order chi connectivity index (χ1) is 9.83. The van der Waals surface area contributed by atoms with Gasteiger partial charge < -0.3 is 5.32 Å². The van der Waals surface area contributed by atoms with Crippen molar-refractivity contribution in [3.8, 4) is 0 Å². The van der Waals surface area contributed by atoms with Gasteiger partial charge in [0.1, 0.15) is 12.2 Å². The Balaban J connectivity index is 1.80. The van der Waals surface area contributed by atoms with Crippen LogP contribution in [0.3, 0.4) is 0 Å². The fourth-order valence-electron chi connectivity index (χ4n) is 3.34. The molecule has 1 heterocycles. The van der Waals surface area contributed by atoms with E-state index in [-0.39, 0.29) is 0 Å². The molecule has 1 aromatic heterocycles. The zero-order valence-corrected chi connectivity index (χ0v) is 12.2. The number of benzene rings is 1. The first-order valence-corrected chi connectivity index (χ1v) is 7.45. The van der Waals surface area contributed by atoms with E-state index in [1.54, 1.807) is 6.33 Å². The molecule has 1 aromatic carbocycles. The lowest BCUT2D eigenvalue weighted by Gasteiger charge is -2.19. The molecular weight excluding hydrogens is 248 g/mol. The Labute approximate surface area is 120 Å². The normalized spacial score (nSPS) is 21.1. The minimum atomic E-state index is 0.429. The molecule has 2 atom stereocenters. The molecule has 0 bridgehead atoms. The van der Waals surface area contributed by atoms with E-state index >= 15 is 0 Å². The summed E-state index contributed by atoms with van der Waals surface area (Å²) in [6, 6.07) is 9.18. The van der Waals surface area contributed by atoms with Crippen LogP contribution in [-0.4, -0.2) is 21.8 Å². The summed E-state index contributed by atoms with van der Waals surface area (Å²) in [5, 5.41) is 7.81. The maximum absolute atomic E-state index is 4.45. The van der Waals surface area contributed by atoms with Crippen LogP contribution >= 0.6 is 0 Å². The van der Waals surface area contributed by atoms with E-state index in [0.29, 0.717) is 12.0 Å². The third-order valence-corrected chi connectivity index (χ3v) is 4.23. The van der Waals surface area contributed by atoms with Gasteiger partial charge >= 0.3 is 0 Å². The maximum atomic E-state index is 4.45. The number of hydrogen-bond acceptors (Lipinski definition) is 3. The van der Waals surface area contributed by atoms with E-state index in [0.717, 1.165) is 31.6 Å². The van der Waals surface area contributed by atoms with Crippen LogP contribution in [0.4, 0.5) is 0 Å². The molecule has 106 valence electrons. The Morgan fingerprint density at radius 3 is 3.00 bits per heavy atom. The van der Waals surface area contributed by atoms with Crippen molar-refractivity contribution < 1.29 is 0 Å². The van der Waals surface area contributed by atoms with E-state index in [2.05, 4.69) is 58.3 Å². The lowest BCUT2D eigenvalue weighted by molar-refractivity contribution is 0.392. The maximum Gasteiger partial charge on any atom is 0.138 e. The molecule has 0 spiro atoms. The van der Waals surface area contributed by atoms with Gasteiger partial charge in [-0.2, -0.15) is 5.10 Å². The molecule has 20 heavy (non-hydrogen) atoms. The van der Waals surface area contributed by atoms with Crippen molar-refractivity contribution in [2.75, 3.05) is 7.05 Å². The zero-order valence-electron chi connectivity index (χ0n) is 12.2. The van der Waals surface area contributed by atoms with Gasteiger partial charge in [0.15, 0.2) is 0 Å². The van der Waals surface area contributed by atoms with Crippen LogP contribution in [0, 0.1) is 5.92 Å². The minimum absolute atomic E-state index is 0.429. The Bertz CT molecular complexity index is 575. The van der Waals surface area contributed by atoms with Gasteiger partial charge in [0.25, 0.3) is 0 Å².